The van der Waals surface area contributed by atoms with E-state index >= 15 is 0 Å². The predicted octanol–water partition coefficient (Wildman–Crippen LogP) is 4.26. The number of rotatable bonds is 7. The Morgan fingerprint density at radius 2 is 1.82 bits per heavy atom. The molecule has 0 fully saturated rings. The first-order valence-corrected chi connectivity index (χ1v) is 15.2. The van der Waals surface area contributed by atoms with Crippen LogP contribution in [0.25, 0.3) is 11.0 Å². The van der Waals surface area contributed by atoms with Crippen molar-refractivity contribution in [3.8, 4) is 0 Å². The normalized spacial score (nSPS) is 14.4. The van der Waals surface area contributed by atoms with Gasteiger partial charge in [-0.15, -0.1) is 5.10 Å². The van der Waals surface area contributed by atoms with Crippen LogP contribution in [0, 0.1) is 20.8 Å². The van der Waals surface area contributed by atoms with Crippen LogP contribution in [-0.2, 0) is 29.5 Å². The number of nitrogens with one attached hydrogen (secondary N) is 1. The quantitative estimate of drug-likeness (QED) is 0.374. The molecular formula is C30H35N5O3S. The maximum absolute atomic E-state index is 13.4. The molecule has 0 unspecified atom stereocenters. The number of hydrogen-bond donors (Lipinski definition) is 1. The molecule has 8 nitrogen and oxygen atoms in total. The number of nitrogens with zero attached hydrogens (tertiary/aromatic N) is 4. The van der Waals surface area contributed by atoms with Crippen LogP contribution in [0.1, 0.15) is 62.1 Å². The number of hydrogen-bond acceptors (Lipinski definition) is 5. The molecule has 1 amide bonds. The van der Waals surface area contributed by atoms with Crippen LogP contribution in [0.2, 0.25) is 0 Å². The summed E-state index contributed by atoms with van der Waals surface area (Å²) < 4.78 is 28.7. The molecule has 3 aromatic carbocycles. The average Bonchev–Trinajstić information content (AvgIpc) is 3.34. The zero-order chi connectivity index (χ0) is 27.9. The number of amides is 1. The first-order chi connectivity index (χ1) is 18.6. The van der Waals surface area contributed by atoms with Gasteiger partial charge in [-0.2, -0.15) is 0 Å². The summed E-state index contributed by atoms with van der Waals surface area (Å²) in [5.41, 5.74) is 10.0. The molecule has 2 heterocycles. The first kappa shape index (κ1) is 27.0. The lowest BCUT2D eigenvalue weighted by Crippen LogP contribution is -2.36. The fourth-order valence-electron chi connectivity index (χ4n) is 5.46. The largest absolute Gasteiger partial charge is 0.334 e. The number of carbonyl (C=O) groups is 1. The lowest BCUT2D eigenvalue weighted by Gasteiger charge is -2.30. The molecular weight excluding hydrogens is 510 g/mol. The Bertz CT molecular complexity index is 1680. The van der Waals surface area contributed by atoms with E-state index < -0.39 is 10.0 Å². The minimum Gasteiger partial charge on any atom is -0.334 e. The number of fused-ring (bicyclic) bond motifs is 2. The molecule has 1 aliphatic rings. The van der Waals surface area contributed by atoms with Crippen molar-refractivity contribution < 1.29 is 13.2 Å². The van der Waals surface area contributed by atoms with Crippen LogP contribution < -0.4 is 4.72 Å². The van der Waals surface area contributed by atoms with Crippen molar-refractivity contribution in [3.05, 3.63) is 93.0 Å². The van der Waals surface area contributed by atoms with E-state index in [0.29, 0.717) is 18.7 Å². The molecule has 1 aromatic heterocycles. The van der Waals surface area contributed by atoms with E-state index in [1.807, 2.05) is 61.5 Å². The fraction of sp³-hybridized carbons (Fsp3) is 0.367. The number of benzene rings is 3. The first-order valence-electron chi connectivity index (χ1n) is 13.3. The van der Waals surface area contributed by atoms with Gasteiger partial charge in [0.2, 0.25) is 10.0 Å². The molecule has 0 radical (unpaired) electrons. The molecule has 1 aliphatic heterocycles. The minimum atomic E-state index is -3.40. The maximum atomic E-state index is 13.4. The van der Waals surface area contributed by atoms with Crippen molar-refractivity contribution in [2.75, 3.05) is 19.3 Å². The van der Waals surface area contributed by atoms with Gasteiger partial charge in [-0.25, -0.2) is 17.8 Å². The third-order valence-corrected chi connectivity index (χ3v) is 8.58. The van der Waals surface area contributed by atoms with Crippen molar-refractivity contribution in [1.82, 2.24) is 24.6 Å². The monoisotopic (exact) mass is 545 g/mol. The van der Waals surface area contributed by atoms with Crippen LogP contribution in [0.5, 0.6) is 0 Å². The Morgan fingerprint density at radius 1 is 1.03 bits per heavy atom. The van der Waals surface area contributed by atoms with Crippen molar-refractivity contribution in [1.29, 1.82) is 0 Å². The number of aromatic nitrogens is 3. The van der Waals surface area contributed by atoms with Gasteiger partial charge >= 0.3 is 0 Å². The Labute approximate surface area is 230 Å². The number of carbonyl (C=O) groups excluding carboxylic acids is 1. The Balaban J connectivity index is 1.50. The number of aryl methyl sites for hydroxylation is 4. The van der Waals surface area contributed by atoms with Crippen LogP contribution in [0.15, 0.2) is 48.5 Å². The summed E-state index contributed by atoms with van der Waals surface area (Å²) >= 11 is 0. The van der Waals surface area contributed by atoms with E-state index in [2.05, 4.69) is 39.3 Å². The molecule has 9 heteroatoms. The summed E-state index contributed by atoms with van der Waals surface area (Å²) in [4.78, 5) is 15.3. The molecule has 0 saturated heterocycles. The molecule has 0 spiro atoms. The van der Waals surface area contributed by atoms with Gasteiger partial charge in [0.05, 0.1) is 11.8 Å². The predicted molar refractivity (Wildman–Crippen MR) is 153 cm³/mol. The molecule has 1 atom stereocenters. The lowest BCUT2D eigenvalue weighted by molar-refractivity contribution is 0.0734. The summed E-state index contributed by atoms with van der Waals surface area (Å²) in [7, 11) is -3.40. The van der Waals surface area contributed by atoms with Crippen molar-refractivity contribution in [2.45, 2.75) is 53.1 Å². The van der Waals surface area contributed by atoms with E-state index in [0.717, 1.165) is 51.8 Å². The minimum absolute atomic E-state index is 0.0322. The van der Waals surface area contributed by atoms with Gasteiger partial charge in [-0.05, 0) is 91.3 Å². The third-order valence-electron chi connectivity index (χ3n) is 7.89. The van der Waals surface area contributed by atoms with Gasteiger partial charge in [0.15, 0.2) is 0 Å². The molecule has 0 saturated carbocycles. The van der Waals surface area contributed by atoms with Crippen molar-refractivity contribution >= 4 is 27.0 Å². The Kier molecular flexibility index (Phi) is 7.31. The maximum Gasteiger partial charge on any atom is 0.254 e. The van der Waals surface area contributed by atoms with Gasteiger partial charge < -0.3 is 4.90 Å². The molecule has 5 rings (SSSR count). The van der Waals surface area contributed by atoms with Crippen LogP contribution in [-0.4, -0.2) is 53.6 Å². The Hall–Kier alpha value is -3.56. The highest BCUT2D eigenvalue weighted by molar-refractivity contribution is 7.88. The smallest absolute Gasteiger partial charge is 0.254 e. The standard InChI is InChI=1S/C30H35N5O3S/c1-6-35-28-12-11-26(21(4)29(28)32-33-35)27(17-31-39(5,37)38)23-10-9-22-13-14-34(18-25(22)16-23)30(36)24-8-7-19(2)20(3)15-24/h7-12,15-16,27,31H,6,13-14,17-18H2,1-5H3/t27-/m0/s1. The average molecular weight is 546 g/mol. The summed E-state index contributed by atoms with van der Waals surface area (Å²) in [6, 6.07) is 16.3. The third kappa shape index (κ3) is 5.46. The summed E-state index contributed by atoms with van der Waals surface area (Å²) in [5.74, 6) is -0.197. The second-order valence-electron chi connectivity index (χ2n) is 10.5. The molecule has 4 aromatic rings. The Morgan fingerprint density at radius 3 is 2.54 bits per heavy atom. The second-order valence-corrected chi connectivity index (χ2v) is 12.4. The lowest BCUT2D eigenvalue weighted by atomic mass is 9.85. The molecule has 39 heavy (non-hydrogen) atoms. The summed E-state index contributed by atoms with van der Waals surface area (Å²) in [6.45, 7) is 10.2. The van der Waals surface area contributed by atoms with E-state index in [-0.39, 0.29) is 18.4 Å². The van der Waals surface area contributed by atoms with E-state index in [9.17, 15) is 13.2 Å². The van der Waals surface area contributed by atoms with Gasteiger partial charge in [-0.3, -0.25) is 4.79 Å². The van der Waals surface area contributed by atoms with Gasteiger partial charge in [-0.1, -0.05) is 35.5 Å². The zero-order valence-corrected chi connectivity index (χ0v) is 24.0. The fourth-order valence-corrected chi connectivity index (χ4v) is 5.93. The molecule has 1 N–H and O–H groups in total. The van der Waals surface area contributed by atoms with Crippen LogP contribution >= 0.6 is 0 Å². The second kappa shape index (κ2) is 10.5. The number of sulfonamides is 1. The summed E-state index contributed by atoms with van der Waals surface area (Å²) in [6.07, 6.45) is 1.96. The molecule has 204 valence electrons. The molecule has 0 bridgehead atoms. The van der Waals surface area contributed by atoms with Crippen LogP contribution in [0.4, 0.5) is 0 Å². The van der Waals surface area contributed by atoms with Crippen LogP contribution in [0.3, 0.4) is 0 Å². The van der Waals surface area contributed by atoms with E-state index in [1.165, 1.54) is 17.4 Å². The van der Waals surface area contributed by atoms with E-state index in [1.54, 1.807) is 0 Å². The SMILES string of the molecule is CCn1nnc2c(C)c([C@@H](CNS(C)(=O)=O)c3ccc4c(c3)CN(C(=O)c3ccc(C)c(C)c3)CC4)ccc21. The van der Waals surface area contributed by atoms with Gasteiger partial charge in [0, 0.05) is 37.7 Å². The highest BCUT2D eigenvalue weighted by atomic mass is 32.2. The van der Waals surface area contributed by atoms with Crippen molar-refractivity contribution in [3.63, 3.8) is 0 Å². The zero-order valence-electron chi connectivity index (χ0n) is 23.2. The van der Waals surface area contributed by atoms with Crippen molar-refractivity contribution in [2.24, 2.45) is 0 Å². The topological polar surface area (TPSA) is 97.2 Å². The molecule has 0 aliphatic carbocycles. The summed E-state index contributed by atoms with van der Waals surface area (Å²) in [5, 5.41) is 8.67. The van der Waals surface area contributed by atoms with Gasteiger partial charge in [0.25, 0.3) is 5.91 Å². The highest BCUT2D eigenvalue weighted by Crippen LogP contribution is 2.33. The van der Waals surface area contributed by atoms with Gasteiger partial charge in [0.1, 0.15) is 5.52 Å². The highest BCUT2D eigenvalue weighted by Gasteiger charge is 2.25. The van der Waals surface area contributed by atoms with E-state index in [4.69, 9.17) is 0 Å².